The molecule has 1 fully saturated rings. The van der Waals surface area contributed by atoms with Gasteiger partial charge in [0.1, 0.15) is 6.10 Å². The Morgan fingerprint density at radius 2 is 1.92 bits per heavy atom. The summed E-state index contributed by atoms with van der Waals surface area (Å²) in [5.41, 5.74) is 0.671. The lowest BCUT2D eigenvalue weighted by molar-refractivity contribution is -0.145. The molecule has 1 atom stereocenters. The van der Waals surface area contributed by atoms with Gasteiger partial charge in [-0.05, 0) is 20.8 Å². The summed E-state index contributed by atoms with van der Waals surface area (Å²) < 4.78 is 15.7. The van der Waals surface area contributed by atoms with Crippen LogP contribution in [0.25, 0.3) is 0 Å². The second-order valence-electron chi connectivity index (χ2n) is 5.66. The maximum Gasteiger partial charge on any atom is 0.292 e. The molecule has 1 aliphatic rings. The summed E-state index contributed by atoms with van der Waals surface area (Å²) in [4.78, 5) is 28.0. The van der Waals surface area contributed by atoms with Crippen LogP contribution in [-0.4, -0.2) is 78.9 Å². The van der Waals surface area contributed by atoms with Crippen molar-refractivity contribution in [2.75, 3.05) is 46.0 Å². The van der Waals surface area contributed by atoms with Crippen molar-refractivity contribution in [3.05, 3.63) is 17.5 Å². The van der Waals surface area contributed by atoms with E-state index in [0.29, 0.717) is 51.7 Å². The van der Waals surface area contributed by atoms with Gasteiger partial charge in [-0.25, -0.2) is 0 Å². The summed E-state index contributed by atoms with van der Waals surface area (Å²) in [7, 11) is 0. The Balaban J connectivity index is 1.77. The quantitative estimate of drug-likeness (QED) is 0.680. The lowest BCUT2D eigenvalue weighted by Gasteiger charge is -2.35. The predicted molar refractivity (Wildman–Crippen MR) is 85.6 cm³/mol. The Labute approximate surface area is 141 Å². The maximum absolute atomic E-state index is 12.3. The number of carbonyl (C=O) groups is 2. The zero-order chi connectivity index (χ0) is 17.5. The molecule has 0 radical (unpaired) electrons. The molecular formula is C16H25N3O5. The fourth-order valence-electron chi connectivity index (χ4n) is 2.51. The van der Waals surface area contributed by atoms with Gasteiger partial charge in [0.25, 0.3) is 11.8 Å². The zero-order valence-electron chi connectivity index (χ0n) is 14.5. The molecule has 0 aromatic carbocycles. The lowest BCUT2D eigenvalue weighted by atomic mass is 10.2. The van der Waals surface area contributed by atoms with Crippen molar-refractivity contribution in [2.24, 2.45) is 0 Å². The molecule has 1 saturated heterocycles. The molecule has 0 N–H and O–H groups in total. The second kappa shape index (κ2) is 8.79. The zero-order valence-corrected chi connectivity index (χ0v) is 14.5. The van der Waals surface area contributed by atoms with E-state index in [0.717, 1.165) is 0 Å². The van der Waals surface area contributed by atoms with Crippen molar-refractivity contribution in [3.63, 3.8) is 0 Å². The first kappa shape index (κ1) is 18.4. The molecule has 1 aromatic rings. The number of aromatic nitrogens is 1. The highest BCUT2D eigenvalue weighted by Crippen LogP contribution is 2.11. The van der Waals surface area contributed by atoms with Crippen LogP contribution in [0.2, 0.25) is 0 Å². The lowest BCUT2D eigenvalue weighted by Crippen LogP contribution is -2.52. The third-order valence-electron chi connectivity index (χ3n) is 3.86. The fraction of sp³-hybridized carbons (Fsp3) is 0.688. The van der Waals surface area contributed by atoms with Gasteiger partial charge in [0.05, 0.1) is 18.9 Å². The van der Waals surface area contributed by atoms with Crippen molar-refractivity contribution >= 4 is 11.8 Å². The van der Waals surface area contributed by atoms with E-state index in [1.54, 1.807) is 29.7 Å². The molecule has 0 spiro atoms. The number of aryl methyl sites for hydroxylation is 1. The molecule has 1 unspecified atom stereocenters. The number of rotatable bonds is 7. The summed E-state index contributed by atoms with van der Waals surface area (Å²) in [5, 5.41) is 3.73. The smallest absolute Gasteiger partial charge is 0.292 e. The highest BCUT2D eigenvalue weighted by molar-refractivity contribution is 5.91. The molecule has 1 aliphatic heterocycles. The van der Waals surface area contributed by atoms with Gasteiger partial charge in [0.15, 0.2) is 0 Å². The summed E-state index contributed by atoms with van der Waals surface area (Å²) in [6.45, 7) is 8.82. The van der Waals surface area contributed by atoms with Crippen LogP contribution < -0.4 is 0 Å². The van der Waals surface area contributed by atoms with E-state index in [4.69, 9.17) is 14.0 Å². The Morgan fingerprint density at radius 1 is 1.25 bits per heavy atom. The number of hydrogen-bond donors (Lipinski definition) is 0. The van der Waals surface area contributed by atoms with Crippen molar-refractivity contribution < 1.29 is 23.6 Å². The van der Waals surface area contributed by atoms with Crippen LogP contribution in [0.15, 0.2) is 10.6 Å². The Morgan fingerprint density at radius 3 is 2.50 bits per heavy atom. The molecule has 134 valence electrons. The predicted octanol–water partition coefficient (Wildman–Crippen LogP) is 0.709. The van der Waals surface area contributed by atoms with Gasteiger partial charge >= 0.3 is 0 Å². The van der Waals surface area contributed by atoms with Crippen LogP contribution >= 0.6 is 0 Å². The van der Waals surface area contributed by atoms with E-state index in [9.17, 15) is 9.59 Å². The molecular weight excluding hydrogens is 314 g/mol. The number of hydrogen-bond acceptors (Lipinski definition) is 6. The molecule has 24 heavy (non-hydrogen) atoms. The van der Waals surface area contributed by atoms with Gasteiger partial charge in [0, 0.05) is 38.9 Å². The van der Waals surface area contributed by atoms with E-state index in [-0.39, 0.29) is 17.6 Å². The minimum absolute atomic E-state index is 0.0610. The van der Waals surface area contributed by atoms with Crippen molar-refractivity contribution in [1.29, 1.82) is 0 Å². The van der Waals surface area contributed by atoms with E-state index in [1.807, 2.05) is 6.92 Å². The van der Waals surface area contributed by atoms with E-state index < -0.39 is 6.10 Å². The van der Waals surface area contributed by atoms with Crippen LogP contribution in [0, 0.1) is 6.92 Å². The Kier molecular flexibility index (Phi) is 6.74. The molecule has 2 heterocycles. The molecule has 0 aliphatic carbocycles. The number of piperazine rings is 1. The summed E-state index contributed by atoms with van der Waals surface area (Å²) in [5.74, 6) is -0.0160. The average Bonchev–Trinajstić information content (AvgIpc) is 3.04. The van der Waals surface area contributed by atoms with Crippen LogP contribution in [0.4, 0.5) is 0 Å². The Bertz CT molecular complexity index is 552. The first-order valence-corrected chi connectivity index (χ1v) is 8.23. The third kappa shape index (κ3) is 4.78. The van der Waals surface area contributed by atoms with Gasteiger partial charge in [-0.3, -0.25) is 9.59 Å². The van der Waals surface area contributed by atoms with Crippen molar-refractivity contribution in [2.45, 2.75) is 26.9 Å². The third-order valence-corrected chi connectivity index (χ3v) is 3.86. The minimum Gasteiger partial charge on any atom is -0.379 e. The van der Waals surface area contributed by atoms with Gasteiger partial charge in [-0.15, -0.1) is 0 Å². The van der Waals surface area contributed by atoms with Gasteiger partial charge in [-0.2, -0.15) is 0 Å². The SMILES string of the molecule is CCOCCOC(C)C(=O)N1CCN(C(=O)c2cc(C)no2)CC1. The largest absolute Gasteiger partial charge is 0.379 e. The number of nitrogens with zero attached hydrogens (tertiary/aromatic N) is 3. The number of ether oxygens (including phenoxy) is 2. The molecule has 8 heteroatoms. The number of carbonyl (C=O) groups excluding carboxylic acids is 2. The van der Waals surface area contributed by atoms with E-state index >= 15 is 0 Å². The van der Waals surface area contributed by atoms with Crippen LogP contribution in [0.1, 0.15) is 30.1 Å². The summed E-state index contributed by atoms with van der Waals surface area (Å²) in [6.07, 6.45) is -0.510. The Hall–Kier alpha value is -1.93. The van der Waals surface area contributed by atoms with Crippen LogP contribution in [-0.2, 0) is 14.3 Å². The molecule has 2 amide bonds. The van der Waals surface area contributed by atoms with E-state index in [1.165, 1.54) is 0 Å². The normalized spacial score (nSPS) is 16.3. The summed E-state index contributed by atoms with van der Waals surface area (Å²) >= 11 is 0. The van der Waals surface area contributed by atoms with Crippen LogP contribution in [0.5, 0.6) is 0 Å². The monoisotopic (exact) mass is 339 g/mol. The highest BCUT2D eigenvalue weighted by Gasteiger charge is 2.29. The van der Waals surface area contributed by atoms with Crippen molar-refractivity contribution in [1.82, 2.24) is 15.0 Å². The van der Waals surface area contributed by atoms with Gasteiger partial charge in [-0.1, -0.05) is 5.16 Å². The first-order chi connectivity index (χ1) is 11.5. The first-order valence-electron chi connectivity index (χ1n) is 8.23. The van der Waals surface area contributed by atoms with Gasteiger partial charge < -0.3 is 23.8 Å². The van der Waals surface area contributed by atoms with Crippen molar-refractivity contribution in [3.8, 4) is 0 Å². The summed E-state index contributed by atoms with van der Waals surface area (Å²) in [6, 6.07) is 1.62. The van der Waals surface area contributed by atoms with Crippen LogP contribution in [0.3, 0.4) is 0 Å². The molecule has 0 bridgehead atoms. The molecule has 8 nitrogen and oxygen atoms in total. The number of amides is 2. The molecule has 1 aromatic heterocycles. The minimum atomic E-state index is -0.510. The van der Waals surface area contributed by atoms with E-state index in [2.05, 4.69) is 5.16 Å². The second-order valence-corrected chi connectivity index (χ2v) is 5.66. The topological polar surface area (TPSA) is 85.1 Å². The highest BCUT2D eigenvalue weighted by atomic mass is 16.5. The fourth-order valence-corrected chi connectivity index (χ4v) is 2.51. The average molecular weight is 339 g/mol. The molecule has 0 saturated carbocycles. The standard InChI is InChI=1S/C16H25N3O5/c1-4-22-9-10-23-13(3)15(20)18-5-7-19(8-6-18)16(21)14-11-12(2)17-24-14/h11,13H,4-10H2,1-3H3. The molecule has 2 rings (SSSR count). The maximum atomic E-state index is 12.3. The van der Waals surface area contributed by atoms with Gasteiger partial charge in [0.2, 0.25) is 5.76 Å².